The molecule has 8 heteroatoms. The number of rotatable bonds is 4. The fourth-order valence-corrected chi connectivity index (χ4v) is 3.68. The molecule has 0 aromatic carbocycles. The van der Waals surface area contributed by atoms with Crippen LogP contribution in [0.1, 0.15) is 17.4 Å². The molecule has 28 heavy (non-hydrogen) atoms. The molecule has 142 valence electrons. The summed E-state index contributed by atoms with van der Waals surface area (Å²) in [6, 6.07) is 8.13. The van der Waals surface area contributed by atoms with Gasteiger partial charge in [0.15, 0.2) is 0 Å². The lowest BCUT2D eigenvalue weighted by molar-refractivity contribution is -0.0343. The SMILES string of the molecule is Cn1cc(CN2CCO[C@@H](c3nnn4cc(-c5ccncc5)ccc34)C2)cn1. The molecule has 0 spiro atoms. The van der Waals surface area contributed by atoms with Crippen molar-refractivity contribution in [3.63, 3.8) is 0 Å². The number of hydrogen-bond donors (Lipinski definition) is 0. The molecule has 0 aliphatic carbocycles. The second-order valence-electron chi connectivity index (χ2n) is 7.07. The Morgan fingerprint density at radius 3 is 2.82 bits per heavy atom. The van der Waals surface area contributed by atoms with Gasteiger partial charge in [0.1, 0.15) is 11.8 Å². The molecule has 1 atom stereocenters. The van der Waals surface area contributed by atoms with Gasteiger partial charge in [-0.2, -0.15) is 5.10 Å². The maximum absolute atomic E-state index is 6.03. The van der Waals surface area contributed by atoms with E-state index in [9.17, 15) is 0 Å². The molecule has 1 aliphatic rings. The van der Waals surface area contributed by atoms with Gasteiger partial charge >= 0.3 is 0 Å². The van der Waals surface area contributed by atoms with Gasteiger partial charge in [-0.05, 0) is 23.8 Å². The highest BCUT2D eigenvalue weighted by atomic mass is 16.5. The van der Waals surface area contributed by atoms with Crippen LogP contribution in [0.2, 0.25) is 0 Å². The number of pyridine rings is 2. The number of aromatic nitrogens is 6. The molecule has 0 saturated carbocycles. The Bertz CT molecular complexity index is 1090. The average molecular weight is 375 g/mol. The van der Waals surface area contributed by atoms with Crippen molar-refractivity contribution < 1.29 is 4.74 Å². The second kappa shape index (κ2) is 7.14. The van der Waals surface area contributed by atoms with Crippen LogP contribution < -0.4 is 0 Å². The van der Waals surface area contributed by atoms with Gasteiger partial charge in [0, 0.05) is 62.6 Å². The van der Waals surface area contributed by atoms with Crippen LogP contribution in [-0.2, 0) is 18.3 Å². The van der Waals surface area contributed by atoms with Gasteiger partial charge in [0.05, 0.1) is 18.3 Å². The summed E-state index contributed by atoms with van der Waals surface area (Å²) >= 11 is 0. The number of ether oxygens (including phenoxy) is 1. The molecule has 1 fully saturated rings. The standard InChI is InChI=1S/C20H21N7O/c1-25-11-15(10-22-25)12-26-8-9-28-19(14-26)20-18-3-2-17(13-27(18)24-23-20)16-4-6-21-7-5-16/h2-7,10-11,13,19H,8-9,12,14H2,1H3/t19-/m1/s1. The Kier molecular flexibility index (Phi) is 4.34. The maximum Gasteiger partial charge on any atom is 0.121 e. The predicted molar refractivity (Wildman–Crippen MR) is 103 cm³/mol. The molecule has 5 heterocycles. The van der Waals surface area contributed by atoms with E-state index in [1.165, 1.54) is 5.56 Å². The van der Waals surface area contributed by atoms with E-state index in [1.807, 2.05) is 40.8 Å². The van der Waals surface area contributed by atoms with E-state index in [4.69, 9.17) is 4.74 Å². The van der Waals surface area contributed by atoms with E-state index >= 15 is 0 Å². The zero-order valence-corrected chi connectivity index (χ0v) is 15.6. The van der Waals surface area contributed by atoms with Gasteiger partial charge < -0.3 is 4.74 Å². The zero-order chi connectivity index (χ0) is 18.9. The van der Waals surface area contributed by atoms with E-state index in [0.29, 0.717) is 6.61 Å². The highest BCUT2D eigenvalue weighted by molar-refractivity contribution is 5.65. The maximum atomic E-state index is 6.03. The van der Waals surface area contributed by atoms with Gasteiger partial charge in [-0.15, -0.1) is 5.10 Å². The molecule has 0 radical (unpaired) electrons. The molecule has 4 aromatic heterocycles. The summed E-state index contributed by atoms with van der Waals surface area (Å²) in [4.78, 5) is 6.45. The number of hydrogen-bond acceptors (Lipinski definition) is 6. The van der Waals surface area contributed by atoms with Gasteiger partial charge in [-0.3, -0.25) is 14.6 Å². The van der Waals surface area contributed by atoms with E-state index in [2.05, 4.69) is 43.6 Å². The van der Waals surface area contributed by atoms with Crippen molar-refractivity contribution in [3.8, 4) is 11.1 Å². The van der Waals surface area contributed by atoms with Crippen LogP contribution >= 0.6 is 0 Å². The van der Waals surface area contributed by atoms with Crippen molar-refractivity contribution >= 4 is 5.52 Å². The highest BCUT2D eigenvalue weighted by Crippen LogP contribution is 2.27. The molecule has 5 rings (SSSR count). The van der Waals surface area contributed by atoms with Crippen molar-refractivity contribution in [3.05, 3.63) is 66.5 Å². The third-order valence-electron chi connectivity index (χ3n) is 5.07. The van der Waals surface area contributed by atoms with Crippen LogP contribution in [0.4, 0.5) is 0 Å². The topological polar surface area (TPSA) is 73.4 Å². The van der Waals surface area contributed by atoms with E-state index in [0.717, 1.165) is 42.0 Å². The molecular weight excluding hydrogens is 354 g/mol. The second-order valence-corrected chi connectivity index (χ2v) is 7.07. The molecule has 0 amide bonds. The zero-order valence-electron chi connectivity index (χ0n) is 15.6. The molecule has 1 saturated heterocycles. The fourth-order valence-electron chi connectivity index (χ4n) is 3.68. The number of morpholine rings is 1. The Morgan fingerprint density at radius 1 is 1.11 bits per heavy atom. The predicted octanol–water partition coefficient (Wildman–Crippen LogP) is 2.10. The first-order valence-electron chi connectivity index (χ1n) is 9.33. The van der Waals surface area contributed by atoms with Crippen LogP contribution in [0.5, 0.6) is 0 Å². The smallest absolute Gasteiger partial charge is 0.121 e. The first-order chi connectivity index (χ1) is 13.8. The lowest BCUT2D eigenvalue weighted by atomic mass is 10.1. The Morgan fingerprint density at radius 2 is 2.00 bits per heavy atom. The first kappa shape index (κ1) is 17.0. The van der Waals surface area contributed by atoms with Gasteiger partial charge in [-0.25, -0.2) is 4.52 Å². The molecule has 0 N–H and O–H groups in total. The lowest BCUT2D eigenvalue weighted by Crippen LogP contribution is -2.38. The molecule has 8 nitrogen and oxygen atoms in total. The van der Waals surface area contributed by atoms with Crippen LogP contribution in [-0.4, -0.2) is 54.2 Å². The van der Waals surface area contributed by atoms with Gasteiger partial charge in [-0.1, -0.05) is 11.3 Å². The summed E-state index contributed by atoms with van der Waals surface area (Å²) in [5.41, 5.74) is 5.25. The van der Waals surface area contributed by atoms with E-state index < -0.39 is 0 Å². The Balaban J connectivity index is 1.38. The van der Waals surface area contributed by atoms with Crippen molar-refractivity contribution in [1.82, 2.24) is 34.5 Å². The third kappa shape index (κ3) is 3.28. The summed E-state index contributed by atoms with van der Waals surface area (Å²) < 4.78 is 9.69. The van der Waals surface area contributed by atoms with E-state index in [-0.39, 0.29) is 6.10 Å². The molecule has 0 bridgehead atoms. The number of nitrogens with zero attached hydrogens (tertiary/aromatic N) is 7. The quantitative estimate of drug-likeness (QED) is 0.544. The average Bonchev–Trinajstić information content (AvgIpc) is 3.34. The molecule has 4 aromatic rings. The van der Waals surface area contributed by atoms with Crippen molar-refractivity contribution in [2.45, 2.75) is 12.6 Å². The summed E-state index contributed by atoms with van der Waals surface area (Å²) in [6.07, 6.45) is 9.46. The Hall–Kier alpha value is -3.10. The van der Waals surface area contributed by atoms with Crippen molar-refractivity contribution in [2.24, 2.45) is 7.05 Å². The summed E-state index contributed by atoms with van der Waals surface area (Å²) in [6.45, 7) is 3.23. The van der Waals surface area contributed by atoms with Crippen molar-refractivity contribution in [1.29, 1.82) is 0 Å². The normalized spacial score (nSPS) is 18.0. The van der Waals surface area contributed by atoms with Crippen LogP contribution in [0.25, 0.3) is 16.6 Å². The lowest BCUT2D eigenvalue weighted by Gasteiger charge is -2.31. The van der Waals surface area contributed by atoms with Gasteiger partial charge in [0.25, 0.3) is 0 Å². The number of fused-ring (bicyclic) bond motifs is 1. The Labute approximate surface area is 162 Å². The summed E-state index contributed by atoms with van der Waals surface area (Å²) in [7, 11) is 1.94. The van der Waals surface area contributed by atoms with Crippen LogP contribution in [0.3, 0.4) is 0 Å². The third-order valence-corrected chi connectivity index (χ3v) is 5.07. The molecular formula is C20H21N7O. The fraction of sp³-hybridized carbons (Fsp3) is 0.300. The van der Waals surface area contributed by atoms with Gasteiger partial charge in [0.2, 0.25) is 0 Å². The minimum Gasteiger partial charge on any atom is -0.369 e. The largest absolute Gasteiger partial charge is 0.369 e. The minimum absolute atomic E-state index is 0.0882. The highest BCUT2D eigenvalue weighted by Gasteiger charge is 2.26. The molecule has 1 aliphatic heterocycles. The van der Waals surface area contributed by atoms with E-state index in [1.54, 1.807) is 12.4 Å². The number of aryl methyl sites for hydroxylation is 1. The monoisotopic (exact) mass is 375 g/mol. The molecule has 0 unspecified atom stereocenters. The minimum atomic E-state index is -0.0882. The van der Waals surface area contributed by atoms with Crippen molar-refractivity contribution in [2.75, 3.05) is 19.7 Å². The summed E-state index contributed by atoms with van der Waals surface area (Å²) in [5, 5.41) is 13.0. The summed E-state index contributed by atoms with van der Waals surface area (Å²) in [5.74, 6) is 0. The van der Waals surface area contributed by atoms with Crippen LogP contribution in [0.15, 0.2) is 55.2 Å². The first-order valence-corrected chi connectivity index (χ1v) is 9.33. The van der Waals surface area contributed by atoms with Crippen LogP contribution in [0, 0.1) is 0 Å².